The standard InChI is InChI=1S/C16H17N3O5/c1-16(14(23)17-15(24)18-16)10-4-2-9(3-5-10)13(22)19(8-12(20)21)11-6-7-11/h2-5,11H,6-8H2,1H3,(H,20,21)(H2,17,18,23,24)/t16-/m0/s1. The molecule has 3 rings (SSSR count). The third-order valence-electron chi connectivity index (χ3n) is 4.31. The molecule has 1 aromatic rings. The molecule has 3 N–H and O–H groups in total. The highest BCUT2D eigenvalue weighted by Gasteiger charge is 2.43. The molecule has 1 heterocycles. The third kappa shape index (κ3) is 2.82. The molecule has 1 aliphatic carbocycles. The van der Waals surface area contributed by atoms with E-state index in [0.29, 0.717) is 11.1 Å². The summed E-state index contributed by atoms with van der Waals surface area (Å²) in [5.41, 5.74) is -0.297. The Morgan fingerprint density at radius 3 is 2.33 bits per heavy atom. The number of urea groups is 1. The number of amides is 4. The second-order valence-electron chi connectivity index (χ2n) is 6.17. The maximum Gasteiger partial charge on any atom is 0.323 e. The van der Waals surface area contributed by atoms with E-state index < -0.39 is 23.4 Å². The van der Waals surface area contributed by atoms with Gasteiger partial charge in [-0.25, -0.2) is 4.79 Å². The third-order valence-corrected chi connectivity index (χ3v) is 4.31. The zero-order valence-electron chi connectivity index (χ0n) is 13.0. The average molecular weight is 331 g/mol. The normalized spacial score (nSPS) is 22.7. The van der Waals surface area contributed by atoms with Gasteiger partial charge in [-0.3, -0.25) is 19.7 Å². The van der Waals surface area contributed by atoms with Crippen molar-refractivity contribution in [2.45, 2.75) is 31.3 Å². The van der Waals surface area contributed by atoms with Crippen molar-refractivity contribution >= 4 is 23.8 Å². The lowest BCUT2D eigenvalue weighted by molar-refractivity contribution is -0.137. The Labute approximate surface area is 137 Å². The van der Waals surface area contributed by atoms with Gasteiger partial charge in [-0.1, -0.05) is 12.1 Å². The minimum absolute atomic E-state index is 0.0225. The van der Waals surface area contributed by atoms with Gasteiger partial charge in [0.25, 0.3) is 11.8 Å². The molecule has 8 nitrogen and oxygen atoms in total. The van der Waals surface area contributed by atoms with Crippen LogP contribution in [0.3, 0.4) is 0 Å². The molecule has 2 aliphatic rings. The fraction of sp³-hybridized carbons (Fsp3) is 0.375. The number of aliphatic carboxylic acids is 1. The molecule has 0 radical (unpaired) electrons. The van der Waals surface area contributed by atoms with Crippen molar-refractivity contribution in [3.8, 4) is 0 Å². The molecule has 1 atom stereocenters. The lowest BCUT2D eigenvalue weighted by atomic mass is 9.91. The molecule has 0 unspecified atom stereocenters. The minimum Gasteiger partial charge on any atom is -0.480 e. The van der Waals surface area contributed by atoms with E-state index in [1.54, 1.807) is 19.1 Å². The zero-order chi connectivity index (χ0) is 17.5. The number of carbonyl (C=O) groups is 4. The number of nitrogens with one attached hydrogen (secondary N) is 2. The molecule has 0 bridgehead atoms. The van der Waals surface area contributed by atoms with E-state index in [4.69, 9.17) is 5.11 Å². The molecular weight excluding hydrogens is 314 g/mol. The van der Waals surface area contributed by atoms with Crippen LogP contribution in [0.5, 0.6) is 0 Å². The van der Waals surface area contributed by atoms with Crippen LogP contribution in [0.15, 0.2) is 24.3 Å². The second kappa shape index (κ2) is 5.63. The topological polar surface area (TPSA) is 116 Å². The zero-order valence-corrected chi connectivity index (χ0v) is 13.0. The van der Waals surface area contributed by atoms with Gasteiger partial charge in [0.05, 0.1) is 0 Å². The van der Waals surface area contributed by atoms with Gasteiger partial charge in [-0.2, -0.15) is 0 Å². The summed E-state index contributed by atoms with van der Waals surface area (Å²) < 4.78 is 0. The summed E-state index contributed by atoms with van der Waals surface area (Å²) >= 11 is 0. The van der Waals surface area contributed by atoms with Crippen LogP contribution in [0.25, 0.3) is 0 Å². The molecule has 1 aliphatic heterocycles. The van der Waals surface area contributed by atoms with E-state index in [1.807, 2.05) is 0 Å². The average Bonchev–Trinajstić information content (AvgIpc) is 3.32. The summed E-state index contributed by atoms with van der Waals surface area (Å²) in [6.45, 7) is 1.24. The van der Waals surface area contributed by atoms with Crippen LogP contribution in [-0.4, -0.2) is 46.4 Å². The molecule has 1 aromatic carbocycles. The Balaban J connectivity index is 1.81. The molecule has 126 valence electrons. The van der Waals surface area contributed by atoms with Gasteiger partial charge in [0.15, 0.2) is 0 Å². The van der Waals surface area contributed by atoms with Gasteiger partial charge in [0.2, 0.25) is 0 Å². The summed E-state index contributed by atoms with van der Waals surface area (Å²) in [7, 11) is 0. The molecule has 0 aromatic heterocycles. The van der Waals surface area contributed by atoms with E-state index in [1.165, 1.54) is 17.0 Å². The summed E-state index contributed by atoms with van der Waals surface area (Å²) in [5.74, 6) is -1.86. The van der Waals surface area contributed by atoms with Gasteiger partial charge in [0, 0.05) is 11.6 Å². The first-order chi connectivity index (χ1) is 11.3. The van der Waals surface area contributed by atoms with Crippen molar-refractivity contribution in [2.24, 2.45) is 0 Å². The first-order valence-electron chi connectivity index (χ1n) is 7.58. The number of nitrogens with zero attached hydrogens (tertiary/aromatic N) is 1. The van der Waals surface area contributed by atoms with Crippen molar-refractivity contribution in [3.05, 3.63) is 35.4 Å². The van der Waals surface area contributed by atoms with Crippen molar-refractivity contribution in [3.63, 3.8) is 0 Å². The molecule has 2 fully saturated rings. The first kappa shape index (κ1) is 16.0. The monoisotopic (exact) mass is 331 g/mol. The lowest BCUT2D eigenvalue weighted by Gasteiger charge is -2.23. The Hall–Kier alpha value is -2.90. The van der Waals surface area contributed by atoms with Gasteiger partial charge in [-0.15, -0.1) is 0 Å². The lowest BCUT2D eigenvalue weighted by Crippen LogP contribution is -2.40. The maximum atomic E-state index is 12.5. The highest BCUT2D eigenvalue weighted by Crippen LogP contribution is 2.29. The van der Waals surface area contributed by atoms with Gasteiger partial charge < -0.3 is 15.3 Å². The number of carboxylic acid groups (broad SMARTS) is 1. The Morgan fingerprint density at radius 2 is 1.88 bits per heavy atom. The SMILES string of the molecule is C[C@@]1(c2ccc(C(=O)N(CC(=O)O)C3CC3)cc2)NC(=O)NC1=O. The molecule has 1 saturated heterocycles. The number of hydrogen-bond acceptors (Lipinski definition) is 4. The number of benzene rings is 1. The van der Waals surface area contributed by atoms with Crippen LogP contribution in [0.2, 0.25) is 0 Å². The van der Waals surface area contributed by atoms with Crippen molar-refractivity contribution in [1.29, 1.82) is 0 Å². The highest BCUT2D eigenvalue weighted by molar-refractivity contribution is 6.07. The largest absolute Gasteiger partial charge is 0.480 e. The fourth-order valence-corrected chi connectivity index (χ4v) is 2.76. The second-order valence-corrected chi connectivity index (χ2v) is 6.17. The fourth-order valence-electron chi connectivity index (χ4n) is 2.76. The van der Waals surface area contributed by atoms with Crippen LogP contribution in [0, 0.1) is 0 Å². The summed E-state index contributed by atoms with van der Waals surface area (Å²) in [6, 6.07) is 5.67. The smallest absolute Gasteiger partial charge is 0.323 e. The van der Waals surface area contributed by atoms with E-state index in [0.717, 1.165) is 12.8 Å². The van der Waals surface area contributed by atoms with Gasteiger partial charge in [0.1, 0.15) is 12.1 Å². The number of hydrogen-bond donors (Lipinski definition) is 3. The summed E-state index contributed by atoms with van der Waals surface area (Å²) in [6.07, 6.45) is 1.61. The number of carbonyl (C=O) groups excluding carboxylic acids is 3. The minimum atomic E-state index is -1.18. The van der Waals surface area contributed by atoms with E-state index in [9.17, 15) is 19.2 Å². The molecule has 4 amide bonds. The van der Waals surface area contributed by atoms with Crippen LogP contribution in [-0.2, 0) is 15.1 Å². The van der Waals surface area contributed by atoms with Crippen LogP contribution < -0.4 is 10.6 Å². The summed E-state index contributed by atoms with van der Waals surface area (Å²) in [5, 5.41) is 13.7. The van der Waals surface area contributed by atoms with E-state index in [2.05, 4.69) is 10.6 Å². The van der Waals surface area contributed by atoms with Crippen LogP contribution in [0.1, 0.15) is 35.7 Å². The van der Waals surface area contributed by atoms with Crippen molar-refractivity contribution < 1.29 is 24.3 Å². The molecule has 1 saturated carbocycles. The highest BCUT2D eigenvalue weighted by atomic mass is 16.4. The first-order valence-corrected chi connectivity index (χ1v) is 7.58. The van der Waals surface area contributed by atoms with Crippen molar-refractivity contribution in [2.75, 3.05) is 6.54 Å². The maximum absolute atomic E-state index is 12.5. The number of imide groups is 1. The molecular formula is C16H17N3O5. The summed E-state index contributed by atoms with van der Waals surface area (Å²) in [4.78, 5) is 48.0. The van der Waals surface area contributed by atoms with E-state index >= 15 is 0 Å². The quantitative estimate of drug-likeness (QED) is 0.677. The van der Waals surface area contributed by atoms with Crippen molar-refractivity contribution in [1.82, 2.24) is 15.5 Å². The molecule has 8 heteroatoms. The molecule has 24 heavy (non-hydrogen) atoms. The van der Waals surface area contributed by atoms with Gasteiger partial charge in [-0.05, 0) is 37.5 Å². The number of carboxylic acids is 1. The van der Waals surface area contributed by atoms with Gasteiger partial charge >= 0.3 is 12.0 Å². The van der Waals surface area contributed by atoms with Crippen LogP contribution in [0.4, 0.5) is 4.79 Å². The number of rotatable bonds is 5. The predicted octanol–water partition coefficient (Wildman–Crippen LogP) is 0.430. The predicted molar refractivity (Wildman–Crippen MR) is 82.2 cm³/mol. The Kier molecular flexibility index (Phi) is 3.75. The Bertz CT molecular complexity index is 726. The Morgan fingerprint density at radius 1 is 1.25 bits per heavy atom. The van der Waals surface area contributed by atoms with Crippen LogP contribution >= 0.6 is 0 Å². The van der Waals surface area contributed by atoms with E-state index in [-0.39, 0.29) is 18.5 Å². The molecule has 0 spiro atoms.